The van der Waals surface area contributed by atoms with Crippen LogP contribution < -0.4 is 21.5 Å². The van der Waals surface area contributed by atoms with E-state index >= 15 is 0 Å². The molecule has 6 nitrogen and oxygen atoms in total. The Morgan fingerprint density at radius 2 is 2.26 bits per heavy atom. The van der Waals surface area contributed by atoms with Crippen LogP contribution in [0.25, 0.3) is 0 Å². The van der Waals surface area contributed by atoms with Gasteiger partial charge >= 0.3 is 0 Å². The number of rotatable bonds is 8. The van der Waals surface area contributed by atoms with Gasteiger partial charge in [0.2, 0.25) is 0 Å². The summed E-state index contributed by atoms with van der Waals surface area (Å²) in [5.74, 6) is 0.403. The van der Waals surface area contributed by atoms with Gasteiger partial charge in [0.1, 0.15) is 18.6 Å². The Morgan fingerprint density at radius 1 is 1.47 bits per heavy atom. The molecule has 1 unspecified atom stereocenters. The van der Waals surface area contributed by atoms with Crippen LogP contribution in [0, 0.1) is 0 Å². The Hall–Kier alpha value is -1.63. The van der Waals surface area contributed by atoms with Gasteiger partial charge in [0.15, 0.2) is 0 Å². The van der Waals surface area contributed by atoms with E-state index in [1.54, 1.807) is 24.3 Å². The summed E-state index contributed by atoms with van der Waals surface area (Å²) >= 11 is 0. The maximum Gasteiger partial charge on any atom is 0.251 e. The number of carbonyl (C=O) groups excluding carboxylic acids is 1. The number of carbonyl (C=O) groups is 1. The average Bonchev–Trinajstić information content (AvgIpc) is 2.43. The van der Waals surface area contributed by atoms with Gasteiger partial charge in [-0.15, -0.1) is 0 Å². The van der Waals surface area contributed by atoms with E-state index in [0.717, 1.165) is 0 Å². The van der Waals surface area contributed by atoms with Crippen LogP contribution in [0.2, 0.25) is 0 Å². The van der Waals surface area contributed by atoms with Crippen LogP contribution in [0.15, 0.2) is 24.3 Å². The van der Waals surface area contributed by atoms with Crippen molar-refractivity contribution in [1.82, 2.24) is 5.32 Å². The molecule has 106 valence electrons. The molecule has 0 bridgehead atoms. The molecule has 0 aromatic heterocycles. The molecule has 0 aliphatic carbocycles. The minimum Gasteiger partial charge on any atom is -0.489 e. The maximum atomic E-state index is 11.7. The first-order valence-electron chi connectivity index (χ1n) is 6.25. The molecule has 0 fully saturated rings. The van der Waals surface area contributed by atoms with Crippen LogP contribution >= 0.6 is 0 Å². The van der Waals surface area contributed by atoms with E-state index in [2.05, 4.69) is 5.32 Å². The van der Waals surface area contributed by atoms with Gasteiger partial charge in [-0.05, 0) is 25.1 Å². The highest BCUT2D eigenvalue weighted by Crippen LogP contribution is 2.13. The third kappa shape index (κ3) is 5.69. The van der Waals surface area contributed by atoms with E-state index in [9.17, 15) is 4.79 Å². The Bertz CT molecular complexity index is 398. The predicted molar refractivity (Wildman–Crippen MR) is 72.9 cm³/mol. The quantitative estimate of drug-likeness (QED) is 0.579. The summed E-state index contributed by atoms with van der Waals surface area (Å²) in [4.78, 5) is 11.7. The highest BCUT2D eigenvalue weighted by molar-refractivity contribution is 5.94. The second-order valence-corrected chi connectivity index (χ2v) is 3.88. The fourth-order valence-corrected chi connectivity index (χ4v) is 1.46. The van der Waals surface area contributed by atoms with Crippen molar-refractivity contribution in [1.29, 1.82) is 0 Å². The van der Waals surface area contributed by atoms with Gasteiger partial charge in [0, 0.05) is 25.3 Å². The smallest absolute Gasteiger partial charge is 0.251 e. The van der Waals surface area contributed by atoms with Crippen molar-refractivity contribution in [3.63, 3.8) is 0 Å². The van der Waals surface area contributed by atoms with Gasteiger partial charge in [0.05, 0.1) is 0 Å². The monoisotopic (exact) mass is 267 g/mol. The van der Waals surface area contributed by atoms with Crippen molar-refractivity contribution in [2.45, 2.75) is 13.2 Å². The summed E-state index contributed by atoms with van der Waals surface area (Å²) in [5, 5.41) is 2.69. The lowest BCUT2D eigenvalue weighted by molar-refractivity contribution is 0.0321. The molecule has 0 saturated carbocycles. The molecular weight excluding hydrogens is 246 g/mol. The number of nitrogens with two attached hydrogens (primary N) is 2. The predicted octanol–water partition coefficient (Wildman–Crippen LogP) is 0.0752. The standard InChI is InChI=1S/C13H21N3O3/c1-2-18-12(15)9-19-11-5-3-4-10(8-11)13(17)16-7-6-14/h3-5,8,12H,2,6-7,9,14-15H2,1H3,(H,16,17). The maximum absolute atomic E-state index is 11.7. The molecule has 5 N–H and O–H groups in total. The normalized spacial score (nSPS) is 11.9. The Labute approximate surface area is 113 Å². The second kappa shape index (κ2) is 8.47. The van der Waals surface area contributed by atoms with Gasteiger partial charge in [-0.3, -0.25) is 4.79 Å². The lowest BCUT2D eigenvalue weighted by Gasteiger charge is -2.13. The van der Waals surface area contributed by atoms with Crippen LogP contribution in [0.5, 0.6) is 5.75 Å². The van der Waals surface area contributed by atoms with E-state index < -0.39 is 6.23 Å². The summed E-state index contributed by atoms with van der Waals surface area (Å²) in [6.45, 7) is 3.49. The minimum atomic E-state index is -0.472. The number of benzene rings is 1. The first kappa shape index (κ1) is 15.4. The Kier molecular flexibility index (Phi) is 6.88. The topological polar surface area (TPSA) is 99.6 Å². The Morgan fingerprint density at radius 3 is 2.95 bits per heavy atom. The molecule has 6 heteroatoms. The zero-order chi connectivity index (χ0) is 14.1. The van der Waals surface area contributed by atoms with Crippen molar-refractivity contribution in [2.24, 2.45) is 11.5 Å². The molecule has 0 aliphatic heterocycles. The van der Waals surface area contributed by atoms with Crippen molar-refractivity contribution < 1.29 is 14.3 Å². The van der Waals surface area contributed by atoms with E-state index in [1.807, 2.05) is 6.92 Å². The molecule has 0 heterocycles. The molecule has 0 radical (unpaired) electrons. The number of hydrogen-bond donors (Lipinski definition) is 3. The summed E-state index contributed by atoms with van der Waals surface area (Å²) < 4.78 is 10.6. The van der Waals surface area contributed by atoms with Crippen molar-refractivity contribution in [3.05, 3.63) is 29.8 Å². The largest absolute Gasteiger partial charge is 0.489 e. The molecule has 1 aromatic carbocycles. The lowest BCUT2D eigenvalue weighted by atomic mass is 10.2. The van der Waals surface area contributed by atoms with Gasteiger partial charge < -0.3 is 26.3 Å². The molecule has 1 aromatic rings. The summed E-state index contributed by atoms with van der Waals surface area (Å²) in [5.41, 5.74) is 11.5. The van der Waals surface area contributed by atoms with Crippen LogP contribution in [0.4, 0.5) is 0 Å². The lowest BCUT2D eigenvalue weighted by Crippen LogP contribution is -2.31. The minimum absolute atomic E-state index is 0.176. The number of amides is 1. The molecule has 1 rings (SSSR count). The SMILES string of the molecule is CCOC(N)COc1cccc(C(=O)NCCN)c1. The third-order valence-corrected chi connectivity index (χ3v) is 2.32. The molecule has 0 spiro atoms. The highest BCUT2D eigenvalue weighted by atomic mass is 16.5. The van der Waals surface area contributed by atoms with Gasteiger partial charge in [-0.2, -0.15) is 0 Å². The van der Waals surface area contributed by atoms with Gasteiger partial charge in [-0.1, -0.05) is 6.07 Å². The summed E-state index contributed by atoms with van der Waals surface area (Å²) in [6.07, 6.45) is -0.472. The number of hydrogen-bond acceptors (Lipinski definition) is 5. The van der Waals surface area contributed by atoms with Gasteiger partial charge in [-0.25, -0.2) is 0 Å². The first-order chi connectivity index (χ1) is 9.17. The van der Waals surface area contributed by atoms with Crippen LogP contribution in [0.1, 0.15) is 17.3 Å². The fourth-order valence-electron chi connectivity index (χ4n) is 1.46. The zero-order valence-corrected chi connectivity index (χ0v) is 11.1. The van der Waals surface area contributed by atoms with Crippen LogP contribution in [-0.2, 0) is 4.74 Å². The second-order valence-electron chi connectivity index (χ2n) is 3.88. The fraction of sp³-hybridized carbons (Fsp3) is 0.462. The van der Waals surface area contributed by atoms with E-state index in [4.69, 9.17) is 20.9 Å². The van der Waals surface area contributed by atoms with Gasteiger partial charge in [0.25, 0.3) is 5.91 Å². The molecule has 1 atom stereocenters. The molecule has 1 amide bonds. The average molecular weight is 267 g/mol. The summed E-state index contributed by atoms with van der Waals surface area (Å²) in [7, 11) is 0. The first-order valence-corrected chi connectivity index (χ1v) is 6.25. The highest BCUT2D eigenvalue weighted by Gasteiger charge is 2.07. The molecular formula is C13H21N3O3. The van der Waals surface area contributed by atoms with Crippen molar-refractivity contribution >= 4 is 5.91 Å². The van der Waals surface area contributed by atoms with E-state index in [-0.39, 0.29) is 12.5 Å². The Balaban J connectivity index is 2.54. The van der Waals surface area contributed by atoms with Crippen molar-refractivity contribution in [2.75, 3.05) is 26.3 Å². The van der Waals surface area contributed by atoms with E-state index in [0.29, 0.717) is 31.0 Å². The number of ether oxygens (including phenoxy) is 2. The molecule has 0 aliphatic rings. The van der Waals surface area contributed by atoms with Crippen LogP contribution in [0.3, 0.4) is 0 Å². The van der Waals surface area contributed by atoms with E-state index in [1.165, 1.54) is 0 Å². The zero-order valence-electron chi connectivity index (χ0n) is 11.1. The number of nitrogens with one attached hydrogen (secondary N) is 1. The third-order valence-electron chi connectivity index (χ3n) is 2.32. The molecule has 19 heavy (non-hydrogen) atoms. The van der Waals surface area contributed by atoms with Crippen LogP contribution in [-0.4, -0.2) is 38.4 Å². The van der Waals surface area contributed by atoms with Crippen molar-refractivity contribution in [3.8, 4) is 5.75 Å². The molecule has 0 saturated heterocycles. The summed E-state index contributed by atoms with van der Waals surface area (Å²) in [6, 6.07) is 6.88.